The predicted molar refractivity (Wildman–Crippen MR) is 67.1 cm³/mol. The molecule has 1 aromatic rings. The van der Waals surface area contributed by atoms with Gasteiger partial charge in [-0.25, -0.2) is 9.97 Å². The van der Waals surface area contributed by atoms with Gasteiger partial charge in [0.25, 0.3) is 0 Å². The minimum absolute atomic E-state index is 0.0798. The van der Waals surface area contributed by atoms with Crippen LogP contribution in [0.5, 0.6) is 0 Å². The van der Waals surface area contributed by atoms with Gasteiger partial charge in [0.15, 0.2) is 0 Å². The molecule has 1 rings (SSSR count). The minimum Gasteiger partial charge on any atom is -0.330 e. The molecule has 0 aromatic carbocycles. The van der Waals surface area contributed by atoms with Crippen molar-refractivity contribution in [3.63, 3.8) is 0 Å². The zero-order valence-electron chi connectivity index (χ0n) is 10.8. The Labute approximate surface area is 98.5 Å². The van der Waals surface area contributed by atoms with Crippen molar-refractivity contribution in [2.24, 2.45) is 17.1 Å². The van der Waals surface area contributed by atoms with Crippen LogP contribution in [0.3, 0.4) is 0 Å². The van der Waals surface area contributed by atoms with Crippen LogP contribution in [0.2, 0.25) is 0 Å². The van der Waals surface area contributed by atoms with Crippen LogP contribution in [0.15, 0.2) is 12.3 Å². The van der Waals surface area contributed by atoms with Crippen LogP contribution in [-0.2, 0) is 12.8 Å². The molecule has 16 heavy (non-hydrogen) atoms. The van der Waals surface area contributed by atoms with Crippen molar-refractivity contribution < 1.29 is 0 Å². The van der Waals surface area contributed by atoms with Crippen molar-refractivity contribution in [2.45, 2.75) is 40.5 Å². The lowest BCUT2D eigenvalue weighted by molar-refractivity contribution is 0.367. The first-order chi connectivity index (χ1) is 7.43. The number of nitrogens with zero attached hydrogens (tertiary/aromatic N) is 2. The van der Waals surface area contributed by atoms with Gasteiger partial charge < -0.3 is 5.73 Å². The van der Waals surface area contributed by atoms with E-state index in [1.165, 1.54) is 0 Å². The van der Waals surface area contributed by atoms with Crippen molar-refractivity contribution in [3.8, 4) is 0 Å². The molecule has 0 saturated carbocycles. The Hall–Kier alpha value is -0.960. The highest BCUT2D eigenvalue weighted by atomic mass is 14.9. The second-order valence-corrected chi connectivity index (χ2v) is 5.61. The molecule has 0 unspecified atom stereocenters. The maximum absolute atomic E-state index is 5.72. The van der Waals surface area contributed by atoms with Crippen molar-refractivity contribution >= 4 is 0 Å². The van der Waals surface area contributed by atoms with Crippen LogP contribution in [-0.4, -0.2) is 16.5 Å². The van der Waals surface area contributed by atoms with Crippen LogP contribution in [0.1, 0.15) is 39.2 Å². The lowest BCUT2D eigenvalue weighted by Crippen LogP contribution is -2.27. The van der Waals surface area contributed by atoms with E-state index in [0.717, 1.165) is 24.4 Å². The molecule has 3 heteroatoms. The molecule has 0 aliphatic carbocycles. The van der Waals surface area contributed by atoms with Crippen LogP contribution in [0.25, 0.3) is 0 Å². The maximum Gasteiger partial charge on any atom is 0.129 e. The Morgan fingerprint density at radius 3 is 2.62 bits per heavy atom. The second kappa shape index (κ2) is 5.39. The molecule has 90 valence electrons. The Kier molecular flexibility index (Phi) is 4.42. The van der Waals surface area contributed by atoms with Crippen molar-refractivity contribution in [1.82, 2.24) is 9.97 Å². The van der Waals surface area contributed by atoms with Crippen molar-refractivity contribution in [1.29, 1.82) is 0 Å². The largest absolute Gasteiger partial charge is 0.330 e. The predicted octanol–water partition coefficient (Wildman–Crippen LogP) is 2.20. The number of hydrogen-bond acceptors (Lipinski definition) is 3. The SMILES string of the molecule is CC(C)Cc1ccnc(CC(C)(C)CN)n1. The van der Waals surface area contributed by atoms with E-state index in [1.807, 2.05) is 12.3 Å². The maximum atomic E-state index is 5.72. The highest BCUT2D eigenvalue weighted by molar-refractivity contribution is 5.04. The van der Waals surface area contributed by atoms with E-state index < -0.39 is 0 Å². The molecule has 0 bridgehead atoms. The normalized spacial score (nSPS) is 12.1. The van der Waals surface area contributed by atoms with E-state index >= 15 is 0 Å². The molecule has 2 N–H and O–H groups in total. The van der Waals surface area contributed by atoms with Gasteiger partial charge in [-0.2, -0.15) is 0 Å². The molecule has 0 aliphatic rings. The molecule has 0 amide bonds. The molecule has 0 aliphatic heterocycles. The van der Waals surface area contributed by atoms with E-state index in [1.54, 1.807) is 0 Å². The third-order valence-electron chi connectivity index (χ3n) is 2.57. The van der Waals surface area contributed by atoms with Gasteiger partial charge in [-0.1, -0.05) is 27.7 Å². The Morgan fingerprint density at radius 2 is 2.06 bits per heavy atom. The fraction of sp³-hybridized carbons (Fsp3) is 0.692. The van der Waals surface area contributed by atoms with E-state index in [9.17, 15) is 0 Å². The summed E-state index contributed by atoms with van der Waals surface area (Å²) in [6.45, 7) is 9.35. The average molecular weight is 221 g/mol. The fourth-order valence-corrected chi connectivity index (χ4v) is 1.56. The summed E-state index contributed by atoms with van der Waals surface area (Å²) in [6.07, 6.45) is 3.71. The summed E-state index contributed by atoms with van der Waals surface area (Å²) in [4.78, 5) is 8.89. The highest BCUT2D eigenvalue weighted by Gasteiger charge is 2.18. The smallest absolute Gasteiger partial charge is 0.129 e. The number of nitrogens with two attached hydrogens (primary N) is 1. The first kappa shape index (κ1) is 13.1. The van der Waals surface area contributed by atoms with Crippen LogP contribution in [0, 0.1) is 11.3 Å². The molecule has 0 spiro atoms. The molecule has 1 heterocycles. The summed E-state index contributed by atoms with van der Waals surface area (Å²) in [5, 5.41) is 0. The lowest BCUT2D eigenvalue weighted by Gasteiger charge is -2.21. The van der Waals surface area contributed by atoms with Crippen LogP contribution >= 0.6 is 0 Å². The number of aromatic nitrogens is 2. The van der Waals surface area contributed by atoms with Gasteiger partial charge in [0.2, 0.25) is 0 Å². The van der Waals surface area contributed by atoms with Gasteiger partial charge in [0, 0.05) is 18.3 Å². The quantitative estimate of drug-likeness (QED) is 0.829. The van der Waals surface area contributed by atoms with Crippen molar-refractivity contribution in [3.05, 3.63) is 23.8 Å². The third-order valence-corrected chi connectivity index (χ3v) is 2.57. The molecule has 3 nitrogen and oxygen atoms in total. The summed E-state index contributed by atoms with van der Waals surface area (Å²) in [6, 6.07) is 2.00. The van der Waals surface area contributed by atoms with Crippen LogP contribution in [0.4, 0.5) is 0 Å². The number of hydrogen-bond donors (Lipinski definition) is 1. The zero-order valence-corrected chi connectivity index (χ0v) is 10.8. The summed E-state index contributed by atoms with van der Waals surface area (Å²) in [7, 11) is 0. The van der Waals surface area contributed by atoms with Gasteiger partial charge in [-0.15, -0.1) is 0 Å². The Balaban J connectivity index is 2.74. The average Bonchev–Trinajstić information content (AvgIpc) is 2.16. The lowest BCUT2D eigenvalue weighted by atomic mass is 9.89. The first-order valence-corrected chi connectivity index (χ1v) is 5.94. The second-order valence-electron chi connectivity index (χ2n) is 5.61. The third kappa shape index (κ3) is 4.27. The van der Waals surface area contributed by atoms with Gasteiger partial charge in [0.05, 0.1) is 0 Å². The summed E-state index contributed by atoms with van der Waals surface area (Å²) >= 11 is 0. The number of rotatable bonds is 5. The molecule has 0 atom stereocenters. The van der Waals surface area contributed by atoms with E-state index in [-0.39, 0.29) is 5.41 Å². The summed E-state index contributed by atoms with van der Waals surface area (Å²) in [5.74, 6) is 1.54. The molecule has 0 radical (unpaired) electrons. The molecular formula is C13H23N3. The van der Waals surface area contributed by atoms with Gasteiger partial charge >= 0.3 is 0 Å². The van der Waals surface area contributed by atoms with E-state index in [0.29, 0.717) is 12.5 Å². The Morgan fingerprint density at radius 1 is 1.38 bits per heavy atom. The summed E-state index contributed by atoms with van der Waals surface area (Å²) in [5.41, 5.74) is 6.93. The molecule has 0 saturated heterocycles. The van der Waals surface area contributed by atoms with E-state index in [2.05, 4.69) is 37.7 Å². The fourth-order valence-electron chi connectivity index (χ4n) is 1.56. The van der Waals surface area contributed by atoms with Gasteiger partial charge in [-0.05, 0) is 30.4 Å². The monoisotopic (exact) mass is 221 g/mol. The topological polar surface area (TPSA) is 51.8 Å². The standard InChI is InChI=1S/C13H23N3/c1-10(2)7-11-5-6-15-12(16-11)8-13(3,4)9-14/h5-6,10H,7-9,14H2,1-4H3. The first-order valence-electron chi connectivity index (χ1n) is 5.94. The Bertz CT molecular complexity index is 332. The highest BCUT2D eigenvalue weighted by Crippen LogP contribution is 2.18. The molecule has 0 fully saturated rings. The van der Waals surface area contributed by atoms with Crippen LogP contribution < -0.4 is 5.73 Å². The molecule has 1 aromatic heterocycles. The van der Waals surface area contributed by atoms with E-state index in [4.69, 9.17) is 5.73 Å². The molecular weight excluding hydrogens is 198 g/mol. The van der Waals surface area contributed by atoms with Crippen molar-refractivity contribution in [2.75, 3.05) is 6.54 Å². The summed E-state index contributed by atoms with van der Waals surface area (Å²) < 4.78 is 0. The minimum atomic E-state index is 0.0798. The van der Waals surface area contributed by atoms with Gasteiger partial charge in [0.1, 0.15) is 5.82 Å². The van der Waals surface area contributed by atoms with Gasteiger partial charge in [-0.3, -0.25) is 0 Å². The zero-order chi connectivity index (χ0) is 12.2.